The van der Waals surface area contributed by atoms with Gasteiger partial charge in [-0.25, -0.2) is 8.42 Å². The smallest absolute Gasteiger partial charge is 0.151 e. The summed E-state index contributed by atoms with van der Waals surface area (Å²) in [5, 5.41) is 3.14. The van der Waals surface area contributed by atoms with Gasteiger partial charge in [0.1, 0.15) is 0 Å². The quantitative estimate of drug-likeness (QED) is 0.626. The van der Waals surface area contributed by atoms with Crippen molar-refractivity contribution in [1.29, 1.82) is 0 Å². The molecule has 0 saturated heterocycles. The molecule has 5 nitrogen and oxygen atoms in total. The highest BCUT2D eigenvalue weighted by atomic mass is 32.2. The van der Waals surface area contributed by atoms with Gasteiger partial charge < -0.3 is 14.8 Å². The highest BCUT2D eigenvalue weighted by Crippen LogP contribution is 2.24. The molecule has 2 unspecified atom stereocenters. The standard InChI is InChI=1S/C12H25NO4S/c1-16-9-10-17-8-4-7-13-11-5-3-6-12(11)18(2,14)15/h11-13H,3-10H2,1-2H3. The van der Waals surface area contributed by atoms with Crippen molar-refractivity contribution < 1.29 is 17.9 Å². The first kappa shape index (κ1) is 15.9. The van der Waals surface area contributed by atoms with E-state index in [4.69, 9.17) is 9.47 Å². The molecule has 0 aliphatic heterocycles. The number of ether oxygens (including phenoxy) is 2. The van der Waals surface area contributed by atoms with Crippen LogP contribution in [0.2, 0.25) is 0 Å². The molecule has 0 amide bonds. The van der Waals surface area contributed by atoms with Crippen LogP contribution in [-0.2, 0) is 19.3 Å². The summed E-state index contributed by atoms with van der Waals surface area (Å²) < 4.78 is 33.4. The maximum atomic E-state index is 11.6. The van der Waals surface area contributed by atoms with E-state index in [1.807, 2.05) is 0 Å². The van der Waals surface area contributed by atoms with Crippen molar-refractivity contribution in [1.82, 2.24) is 5.32 Å². The average molecular weight is 279 g/mol. The van der Waals surface area contributed by atoms with Crippen LogP contribution in [0.3, 0.4) is 0 Å². The lowest BCUT2D eigenvalue weighted by Crippen LogP contribution is -2.40. The molecule has 0 aromatic heterocycles. The fraction of sp³-hybridized carbons (Fsp3) is 1.00. The van der Waals surface area contributed by atoms with Crippen LogP contribution in [0, 0.1) is 0 Å². The molecule has 2 atom stereocenters. The Morgan fingerprint density at radius 3 is 2.67 bits per heavy atom. The van der Waals surface area contributed by atoms with E-state index in [9.17, 15) is 8.42 Å². The van der Waals surface area contributed by atoms with Gasteiger partial charge in [0.25, 0.3) is 0 Å². The summed E-state index contributed by atoms with van der Waals surface area (Å²) >= 11 is 0. The summed E-state index contributed by atoms with van der Waals surface area (Å²) in [5.41, 5.74) is 0. The van der Waals surface area contributed by atoms with Crippen LogP contribution in [0.5, 0.6) is 0 Å². The third-order valence-electron chi connectivity index (χ3n) is 3.31. The fourth-order valence-electron chi connectivity index (χ4n) is 2.38. The Kier molecular flexibility index (Phi) is 7.14. The second-order valence-electron chi connectivity index (χ2n) is 4.82. The second-order valence-corrected chi connectivity index (χ2v) is 7.08. The van der Waals surface area contributed by atoms with Crippen LogP contribution in [0.4, 0.5) is 0 Å². The molecule has 0 heterocycles. The SMILES string of the molecule is COCCOCCCNC1CCCC1S(C)(=O)=O. The van der Waals surface area contributed by atoms with Gasteiger partial charge in [-0.3, -0.25) is 0 Å². The van der Waals surface area contributed by atoms with Gasteiger partial charge in [0.05, 0.1) is 18.5 Å². The Hall–Kier alpha value is -0.170. The monoisotopic (exact) mass is 279 g/mol. The number of rotatable bonds is 9. The minimum absolute atomic E-state index is 0.124. The van der Waals surface area contributed by atoms with Crippen LogP contribution < -0.4 is 5.32 Å². The number of sulfone groups is 1. The Morgan fingerprint density at radius 1 is 1.22 bits per heavy atom. The molecule has 1 rings (SSSR count). The topological polar surface area (TPSA) is 64.6 Å². The predicted octanol–water partition coefficient (Wildman–Crippen LogP) is 0.595. The van der Waals surface area contributed by atoms with E-state index in [1.54, 1.807) is 7.11 Å². The van der Waals surface area contributed by atoms with Gasteiger partial charge in [-0.15, -0.1) is 0 Å². The Morgan fingerprint density at radius 2 is 2.00 bits per heavy atom. The fourth-order valence-corrected chi connectivity index (χ4v) is 3.80. The predicted molar refractivity (Wildman–Crippen MR) is 71.6 cm³/mol. The van der Waals surface area contributed by atoms with Crippen LogP contribution in [-0.4, -0.2) is 59.4 Å². The minimum Gasteiger partial charge on any atom is -0.382 e. The molecule has 1 N–H and O–H groups in total. The summed E-state index contributed by atoms with van der Waals surface area (Å²) in [6.07, 6.45) is 4.99. The number of hydrogen-bond donors (Lipinski definition) is 1. The molecule has 18 heavy (non-hydrogen) atoms. The Bertz CT molecular complexity index is 318. The molecular formula is C12H25NO4S. The van der Waals surface area contributed by atoms with Gasteiger partial charge >= 0.3 is 0 Å². The molecule has 6 heteroatoms. The van der Waals surface area contributed by atoms with Gasteiger partial charge in [-0.2, -0.15) is 0 Å². The zero-order valence-electron chi connectivity index (χ0n) is 11.4. The Labute approximate surface area is 110 Å². The molecule has 0 radical (unpaired) electrons. The molecule has 1 aliphatic rings. The third kappa shape index (κ3) is 5.65. The summed E-state index contributed by atoms with van der Waals surface area (Å²) in [7, 11) is -1.27. The number of methoxy groups -OCH3 is 1. The van der Waals surface area contributed by atoms with E-state index in [2.05, 4.69) is 5.32 Å². The summed E-state index contributed by atoms with van der Waals surface area (Å²) in [5.74, 6) is 0. The largest absolute Gasteiger partial charge is 0.382 e. The molecule has 1 saturated carbocycles. The minimum atomic E-state index is -2.92. The van der Waals surface area contributed by atoms with Gasteiger partial charge in [-0.05, 0) is 25.8 Å². The third-order valence-corrected chi connectivity index (χ3v) is 4.97. The van der Waals surface area contributed by atoms with E-state index in [0.29, 0.717) is 19.8 Å². The van der Waals surface area contributed by atoms with Gasteiger partial charge in [0.15, 0.2) is 9.84 Å². The highest BCUT2D eigenvalue weighted by molar-refractivity contribution is 7.91. The second kappa shape index (κ2) is 8.09. The van der Waals surface area contributed by atoms with E-state index in [1.165, 1.54) is 6.26 Å². The first-order valence-corrected chi connectivity index (χ1v) is 8.50. The van der Waals surface area contributed by atoms with Gasteiger partial charge in [0.2, 0.25) is 0 Å². The van der Waals surface area contributed by atoms with Crippen LogP contribution in [0.15, 0.2) is 0 Å². The molecule has 0 spiro atoms. The zero-order valence-corrected chi connectivity index (χ0v) is 12.2. The zero-order chi connectivity index (χ0) is 13.4. The molecular weight excluding hydrogens is 254 g/mol. The van der Waals surface area contributed by atoms with Crippen molar-refractivity contribution in [3.63, 3.8) is 0 Å². The van der Waals surface area contributed by atoms with Crippen LogP contribution in [0.25, 0.3) is 0 Å². The van der Waals surface area contributed by atoms with E-state index in [-0.39, 0.29) is 11.3 Å². The maximum Gasteiger partial charge on any atom is 0.151 e. The molecule has 0 bridgehead atoms. The van der Waals surface area contributed by atoms with Crippen molar-refractivity contribution in [3.05, 3.63) is 0 Å². The van der Waals surface area contributed by atoms with E-state index >= 15 is 0 Å². The van der Waals surface area contributed by atoms with Crippen molar-refractivity contribution in [2.75, 3.05) is 39.7 Å². The van der Waals surface area contributed by atoms with Crippen LogP contribution in [0.1, 0.15) is 25.7 Å². The average Bonchev–Trinajstić information content (AvgIpc) is 2.76. The first-order chi connectivity index (χ1) is 8.55. The van der Waals surface area contributed by atoms with Gasteiger partial charge in [-0.1, -0.05) is 6.42 Å². The maximum absolute atomic E-state index is 11.6. The van der Waals surface area contributed by atoms with Crippen molar-refractivity contribution in [2.45, 2.75) is 37.0 Å². The molecule has 1 fully saturated rings. The molecule has 1 aliphatic carbocycles. The lowest BCUT2D eigenvalue weighted by Gasteiger charge is -2.19. The number of nitrogens with one attached hydrogen (secondary N) is 1. The van der Waals surface area contributed by atoms with E-state index in [0.717, 1.165) is 32.2 Å². The lowest BCUT2D eigenvalue weighted by molar-refractivity contribution is 0.0693. The summed E-state index contributed by atoms with van der Waals surface area (Å²) in [6.45, 7) is 2.73. The van der Waals surface area contributed by atoms with Gasteiger partial charge in [0, 0.05) is 26.0 Å². The van der Waals surface area contributed by atoms with Crippen LogP contribution >= 0.6 is 0 Å². The highest BCUT2D eigenvalue weighted by Gasteiger charge is 2.33. The summed E-state index contributed by atoms with van der Waals surface area (Å²) in [6, 6.07) is 0.124. The molecule has 0 aromatic carbocycles. The number of hydrogen-bond acceptors (Lipinski definition) is 5. The van der Waals surface area contributed by atoms with Crippen molar-refractivity contribution in [2.24, 2.45) is 0 Å². The Balaban J connectivity index is 2.12. The molecule has 108 valence electrons. The normalized spacial score (nSPS) is 24.6. The van der Waals surface area contributed by atoms with E-state index < -0.39 is 9.84 Å². The molecule has 0 aromatic rings. The van der Waals surface area contributed by atoms with Crippen molar-refractivity contribution in [3.8, 4) is 0 Å². The van der Waals surface area contributed by atoms with Crippen molar-refractivity contribution >= 4 is 9.84 Å². The first-order valence-electron chi connectivity index (χ1n) is 6.54. The summed E-state index contributed by atoms with van der Waals surface area (Å²) in [4.78, 5) is 0. The lowest BCUT2D eigenvalue weighted by atomic mass is 10.2.